The highest BCUT2D eigenvalue weighted by atomic mass is 16.3. The number of nitrogens with zero attached hydrogens (tertiary/aromatic N) is 4. The summed E-state index contributed by atoms with van der Waals surface area (Å²) in [6.07, 6.45) is 6.31. The average Bonchev–Trinajstić information content (AvgIpc) is 3.17. The van der Waals surface area contributed by atoms with Crippen LogP contribution in [0.15, 0.2) is 70.4 Å². The second-order valence-corrected chi connectivity index (χ2v) is 8.45. The van der Waals surface area contributed by atoms with E-state index in [1.54, 1.807) is 6.07 Å². The van der Waals surface area contributed by atoms with Gasteiger partial charge in [-0.25, -0.2) is 9.97 Å². The largest absolute Gasteiger partial charge is 0.460 e. The number of hydrogen-bond acceptors (Lipinski definition) is 5. The first-order valence-corrected chi connectivity index (χ1v) is 10.4. The SMILES string of the molecule is O=c1ccc(-c2cncnc2)c2n1C[C@H]1C[C@@H]2CN(Cc2cc3ccccc3o2)C1. The number of pyridine rings is 1. The van der Waals surface area contributed by atoms with Crippen molar-refractivity contribution in [1.82, 2.24) is 19.4 Å². The molecule has 2 aliphatic heterocycles. The summed E-state index contributed by atoms with van der Waals surface area (Å²) in [5.41, 5.74) is 4.19. The predicted molar refractivity (Wildman–Crippen MR) is 114 cm³/mol. The van der Waals surface area contributed by atoms with Crippen LogP contribution in [0.4, 0.5) is 0 Å². The van der Waals surface area contributed by atoms with Crippen LogP contribution in [-0.2, 0) is 13.1 Å². The number of para-hydroxylation sites is 1. The van der Waals surface area contributed by atoms with Gasteiger partial charge in [-0.3, -0.25) is 9.69 Å². The predicted octanol–water partition coefficient (Wildman–Crippen LogP) is 3.67. The van der Waals surface area contributed by atoms with Crippen molar-refractivity contribution in [3.8, 4) is 11.1 Å². The molecule has 6 heteroatoms. The van der Waals surface area contributed by atoms with E-state index < -0.39 is 0 Å². The molecule has 0 aliphatic carbocycles. The molecule has 1 fully saturated rings. The lowest BCUT2D eigenvalue weighted by Crippen LogP contribution is -2.46. The molecule has 150 valence electrons. The van der Waals surface area contributed by atoms with Gasteiger partial charge in [0, 0.05) is 66.2 Å². The minimum absolute atomic E-state index is 0.0889. The van der Waals surface area contributed by atoms with Crippen LogP contribution in [0.2, 0.25) is 0 Å². The lowest BCUT2D eigenvalue weighted by molar-refractivity contribution is 0.109. The van der Waals surface area contributed by atoms with Crippen LogP contribution in [0, 0.1) is 5.92 Å². The van der Waals surface area contributed by atoms with Gasteiger partial charge in [0.05, 0.1) is 6.54 Å². The maximum absolute atomic E-state index is 12.7. The molecule has 0 N–H and O–H groups in total. The Balaban J connectivity index is 1.34. The van der Waals surface area contributed by atoms with E-state index in [2.05, 4.69) is 27.0 Å². The van der Waals surface area contributed by atoms with Crippen molar-refractivity contribution in [3.63, 3.8) is 0 Å². The van der Waals surface area contributed by atoms with Gasteiger partial charge in [-0.05, 0) is 30.5 Å². The van der Waals surface area contributed by atoms with Crippen LogP contribution < -0.4 is 5.56 Å². The quantitative estimate of drug-likeness (QED) is 0.527. The van der Waals surface area contributed by atoms with E-state index in [0.29, 0.717) is 11.8 Å². The molecule has 6 rings (SSSR count). The molecule has 0 amide bonds. The van der Waals surface area contributed by atoms with Crippen LogP contribution in [0.5, 0.6) is 0 Å². The Morgan fingerprint density at radius 1 is 1.03 bits per heavy atom. The van der Waals surface area contributed by atoms with E-state index in [1.165, 1.54) is 6.33 Å². The lowest BCUT2D eigenvalue weighted by Gasteiger charge is -2.43. The standard InChI is InChI=1S/C24H22N4O2/c29-23-6-5-21(19-9-25-15-26-10-19)24-18-7-16(12-28(23)24)11-27(13-18)14-20-8-17-3-1-2-4-22(17)30-20/h1-6,8-10,15-16,18H,7,11-14H2/t16-,18+/m0/s1. The Bertz CT molecular complexity index is 1240. The maximum Gasteiger partial charge on any atom is 0.250 e. The first-order valence-electron chi connectivity index (χ1n) is 10.4. The van der Waals surface area contributed by atoms with E-state index >= 15 is 0 Å². The van der Waals surface area contributed by atoms with Gasteiger partial charge in [-0.1, -0.05) is 18.2 Å². The summed E-state index contributed by atoms with van der Waals surface area (Å²) in [6, 6.07) is 13.9. The molecule has 5 heterocycles. The Morgan fingerprint density at radius 3 is 2.77 bits per heavy atom. The zero-order valence-corrected chi connectivity index (χ0v) is 16.6. The molecule has 0 saturated carbocycles. The Kier molecular flexibility index (Phi) is 4.06. The van der Waals surface area contributed by atoms with Gasteiger partial charge >= 0.3 is 0 Å². The molecule has 6 nitrogen and oxygen atoms in total. The number of fused-ring (bicyclic) bond motifs is 5. The minimum atomic E-state index is 0.0889. The van der Waals surface area contributed by atoms with Crippen LogP contribution in [0.1, 0.15) is 23.8 Å². The normalized spacial score (nSPS) is 20.9. The molecule has 1 saturated heterocycles. The molecule has 4 aromatic rings. The first-order chi connectivity index (χ1) is 14.7. The van der Waals surface area contributed by atoms with Crippen molar-refractivity contribution in [2.24, 2.45) is 5.92 Å². The number of piperidine rings is 1. The van der Waals surface area contributed by atoms with Crippen molar-refractivity contribution < 1.29 is 4.42 Å². The van der Waals surface area contributed by atoms with Crippen LogP contribution in [0.3, 0.4) is 0 Å². The molecule has 0 spiro atoms. The van der Waals surface area contributed by atoms with Gasteiger partial charge in [-0.15, -0.1) is 0 Å². The molecular formula is C24H22N4O2. The van der Waals surface area contributed by atoms with Crippen molar-refractivity contribution >= 4 is 11.0 Å². The molecule has 2 aliphatic rings. The number of furan rings is 1. The Labute approximate surface area is 173 Å². The van der Waals surface area contributed by atoms with Gasteiger partial charge in [0.1, 0.15) is 17.7 Å². The summed E-state index contributed by atoms with van der Waals surface area (Å²) in [4.78, 5) is 23.5. The zero-order valence-electron chi connectivity index (χ0n) is 16.6. The summed E-state index contributed by atoms with van der Waals surface area (Å²) in [5, 5.41) is 1.15. The monoisotopic (exact) mass is 398 g/mol. The summed E-state index contributed by atoms with van der Waals surface area (Å²) in [7, 11) is 0. The molecule has 1 aromatic carbocycles. The van der Waals surface area contributed by atoms with Crippen molar-refractivity contribution in [1.29, 1.82) is 0 Å². The van der Waals surface area contributed by atoms with Crippen LogP contribution in [0.25, 0.3) is 22.1 Å². The topological polar surface area (TPSA) is 64.2 Å². The summed E-state index contributed by atoms with van der Waals surface area (Å²) in [5.74, 6) is 1.78. The molecule has 2 atom stereocenters. The molecule has 2 bridgehead atoms. The number of aromatic nitrogens is 3. The van der Waals surface area contributed by atoms with Gasteiger partial charge < -0.3 is 8.98 Å². The second-order valence-electron chi connectivity index (χ2n) is 8.45. The number of likely N-dealkylation sites (tertiary alicyclic amines) is 1. The van der Waals surface area contributed by atoms with E-state index in [4.69, 9.17) is 4.42 Å². The summed E-state index contributed by atoms with van der Waals surface area (Å²) in [6.45, 7) is 3.46. The van der Waals surface area contributed by atoms with Crippen molar-refractivity contribution in [2.75, 3.05) is 13.1 Å². The fraction of sp³-hybridized carbons (Fsp3) is 0.292. The molecular weight excluding hydrogens is 376 g/mol. The molecule has 3 aromatic heterocycles. The van der Waals surface area contributed by atoms with Crippen molar-refractivity contribution in [2.45, 2.75) is 25.4 Å². The molecule has 0 unspecified atom stereocenters. The highest BCUT2D eigenvalue weighted by molar-refractivity contribution is 5.77. The van der Waals surface area contributed by atoms with Crippen LogP contribution in [-0.4, -0.2) is 32.5 Å². The first kappa shape index (κ1) is 17.6. The maximum atomic E-state index is 12.7. The molecule has 30 heavy (non-hydrogen) atoms. The summed E-state index contributed by atoms with van der Waals surface area (Å²) < 4.78 is 8.05. The van der Waals surface area contributed by atoms with Gasteiger partial charge in [0.25, 0.3) is 5.56 Å². The van der Waals surface area contributed by atoms with E-state index in [-0.39, 0.29) is 5.56 Å². The van der Waals surface area contributed by atoms with Crippen LogP contribution >= 0.6 is 0 Å². The Hall–Kier alpha value is -3.25. The van der Waals surface area contributed by atoms with Gasteiger partial charge in [0.15, 0.2) is 0 Å². The van der Waals surface area contributed by atoms with Gasteiger partial charge in [0.2, 0.25) is 0 Å². The third kappa shape index (κ3) is 2.95. The number of rotatable bonds is 3. The van der Waals surface area contributed by atoms with E-state index in [9.17, 15) is 4.79 Å². The second kappa shape index (κ2) is 6.92. The highest BCUT2D eigenvalue weighted by Crippen LogP contribution is 2.40. The molecule has 0 radical (unpaired) electrons. The fourth-order valence-corrected chi connectivity index (χ4v) is 5.26. The summed E-state index contributed by atoms with van der Waals surface area (Å²) >= 11 is 0. The fourth-order valence-electron chi connectivity index (χ4n) is 5.26. The third-order valence-electron chi connectivity index (χ3n) is 6.39. The van der Waals surface area contributed by atoms with E-state index in [0.717, 1.165) is 66.2 Å². The number of benzene rings is 1. The number of hydrogen-bond donors (Lipinski definition) is 0. The smallest absolute Gasteiger partial charge is 0.250 e. The average molecular weight is 398 g/mol. The van der Waals surface area contributed by atoms with Gasteiger partial charge in [-0.2, -0.15) is 0 Å². The lowest BCUT2D eigenvalue weighted by atomic mass is 9.80. The Morgan fingerprint density at radius 2 is 1.90 bits per heavy atom. The highest BCUT2D eigenvalue weighted by Gasteiger charge is 2.36. The minimum Gasteiger partial charge on any atom is -0.460 e. The third-order valence-corrected chi connectivity index (χ3v) is 6.39. The zero-order chi connectivity index (χ0) is 20.1. The van der Waals surface area contributed by atoms with Crippen molar-refractivity contribution in [3.05, 3.63) is 83.0 Å². The van der Waals surface area contributed by atoms with E-state index in [1.807, 2.05) is 41.2 Å².